The van der Waals surface area contributed by atoms with Crippen LogP contribution in [0.5, 0.6) is 5.75 Å². The van der Waals surface area contributed by atoms with Crippen LogP contribution in [-0.2, 0) is 17.8 Å². The predicted octanol–water partition coefficient (Wildman–Crippen LogP) is 1.39. The number of benzene rings is 1. The number of rotatable bonds is 3. The number of carboxylic acids is 1. The first-order valence-corrected chi connectivity index (χ1v) is 5.02. The van der Waals surface area contributed by atoms with Crippen molar-refractivity contribution < 1.29 is 15.0 Å². The molecule has 5 nitrogen and oxygen atoms in total. The molecule has 0 unspecified atom stereocenters. The quantitative estimate of drug-likeness (QED) is 0.819. The normalized spacial score (nSPS) is 10.8. The number of aromatic nitrogens is 2. The molecule has 0 amide bonds. The zero-order valence-electron chi connectivity index (χ0n) is 8.84. The summed E-state index contributed by atoms with van der Waals surface area (Å²) in [4.78, 5) is 10.8. The number of phenolic OH excluding ortho intramolecular Hbond substituents is 1. The zero-order chi connectivity index (χ0) is 11.7. The third-order valence-electron chi connectivity index (χ3n) is 2.47. The summed E-state index contributed by atoms with van der Waals surface area (Å²) in [5, 5.41) is 23.3. The lowest BCUT2D eigenvalue weighted by Crippen LogP contribution is -2.08. The molecule has 1 heterocycles. The van der Waals surface area contributed by atoms with Gasteiger partial charge in [0.15, 0.2) is 0 Å². The Morgan fingerprint density at radius 3 is 2.88 bits per heavy atom. The molecule has 0 aliphatic carbocycles. The van der Waals surface area contributed by atoms with Gasteiger partial charge in [0.2, 0.25) is 0 Å². The van der Waals surface area contributed by atoms with Crippen molar-refractivity contribution in [3.05, 3.63) is 23.9 Å². The Balaban J connectivity index is 2.70. The van der Waals surface area contributed by atoms with E-state index in [1.165, 1.54) is 6.07 Å². The van der Waals surface area contributed by atoms with Crippen LogP contribution in [0, 0.1) is 0 Å². The lowest BCUT2D eigenvalue weighted by atomic mass is 10.1. The van der Waals surface area contributed by atoms with E-state index in [0.29, 0.717) is 23.1 Å². The molecule has 16 heavy (non-hydrogen) atoms. The van der Waals surface area contributed by atoms with Crippen LogP contribution in [0.25, 0.3) is 10.9 Å². The number of aromatic hydroxyl groups is 1. The topological polar surface area (TPSA) is 75.3 Å². The van der Waals surface area contributed by atoms with Crippen LogP contribution in [0.2, 0.25) is 0 Å². The van der Waals surface area contributed by atoms with Gasteiger partial charge in [-0.2, -0.15) is 5.10 Å². The van der Waals surface area contributed by atoms with Gasteiger partial charge in [0, 0.05) is 6.54 Å². The molecule has 0 radical (unpaired) electrons. The van der Waals surface area contributed by atoms with Crippen LogP contribution in [0.15, 0.2) is 18.2 Å². The molecule has 0 atom stereocenters. The van der Waals surface area contributed by atoms with E-state index in [2.05, 4.69) is 5.10 Å². The van der Waals surface area contributed by atoms with Gasteiger partial charge in [-0.3, -0.25) is 9.48 Å². The highest BCUT2D eigenvalue weighted by Gasteiger charge is 2.15. The first kappa shape index (κ1) is 10.5. The lowest BCUT2D eigenvalue weighted by Gasteiger charge is -2.02. The fourth-order valence-corrected chi connectivity index (χ4v) is 1.81. The van der Waals surface area contributed by atoms with Crippen LogP contribution in [0.1, 0.15) is 12.6 Å². The Hall–Kier alpha value is -2.04. The van der Waals surface area contributed by atoms with Gasteiger partial charge in [-0.05, 0) is 19.1 Å². The summed E-state index contributed by atoms with van der Waals surface area (Å²) in [7, 11) is 0. The van der Waals surface area contributed by atoms with E-state index in [-0.39, 0.29) is 12.2 Å². The number of hydrogen-bond acceptors (Lipinski definition) is 3. The molecule has 2 aromatic rings. The molecule has 0 aliphatic rings. The second-order valence-electron chi connectivity index (χ2n) is 3.50. The van der Waals surface area contributed by atoms with Gasteiger partial charge >= 0.3 is 5.97 Å². The number of aliphatic carboxylic acids is 1. The van der Waals surface area contributed by atoms with Crippen molar-refractivity contribution in [3.8, 4) is 5.75 Å². The molecule has 0 saturated heterocycles. The Labute approximate surface area is 91.9 Å². The summed E-state index contributed by atoms with van der Waals surface area (Å²) in [6.07, 6.45) is -0.137. The van der Waals surface area contributed by atoms with Gasteiger partial charge in [0.05, 0.1) is 23.0 Å². The summed E-state index contributed by atoms with van der Waals surface area (Å²) in [5.41, 5.74) is 1.17. The standard InChI is InChI=1S/C11H12N2O3/c1-2-13-8(6-10(15)16)11-7(12-13)4-3-5-9(11)14/h3-5,14H,2,6H2,1H3,(H,15,16). The first-order valence-electron chi connectivity index (χ1n) is 5.02. The minimum Gasteiger partial charge on any atom is -0.507 e. The number of carboxylic acid groups (broad SMARTS) is 1. The van der Waals surface area contributed by atoms with Crippen molar-refractivity contribution in [2.75, 3.05) is 0 Å². The number of aryl methyl sites for hydroxylation is 1. The second kappa shape index (κ2) is 3.84. The Morgan fingerprint density at radius 2 is 2.25 bits per heavy atom. The number of phenols is 1. The van der Waals surface area contributed by atoms with Crippen LogP contribution in [-0.4, -0.2) is 26.0 Å². The van der Waals surface area contributed by atoms with Crippen molar-refractivity contribution >= 4 is 16.9 Å². The summed E-state index contributed by atoms with van der Waals surface area (Å²) in [6.45, 7) is 2.46. The Bertz CT molecular complexity index is 545. The fourth-order valence-electron chi connectivity index (χ4n) is 1.81. The molecule has 1 aromatic carbocycles. The highest BCUT2D eigenvalue weighted by molar-refractivity contribution is 5.90. The maximum absolute atomic E-state index is 10.8. The summed E-state index contributed by atoms with van der Waals surface area (Å²) >= 11 is 0. The summed E-state index contributed by atoms with van der Waals surface area (Å²) in [6, 6.07) is 4.98. The van der Waals surface area contributed by atoms with Crippen LogP contribution in [0.3, 0.4) is 0 Å². The molecule has 0 saturated carbocycles. The van der Waals surface area contributed by atoms with E-state index >= 15 is 0 Å². The summed E-state index contributed by atoms with van der Waals surface area (Å²) < 4.78 is 1.61. The Kier molecular flexibility index (Phi) is 2.52. The third kappa shape index (κ3) is 1.60. The minimum atomic E-state index is -0.931. The molecule has 2 N–H and O–H groups in total. The molecule has 2 rings (SSSR count). The minimum absolute atomic E-state index is 0.0773. The molecular formula is C11H12N2O3. The van der Waals surface area contributed by atoms with Crippen molar-refractivity contribution in [1.82, 2.24) is 9.78 Å². The van der Waals surface area contributed by atoms with Gasteiger partial charge in [-0.25, -0.2) is 0 Å². The predicted molar refractivity (Wildman–Crippen MR) is 58.4 cm³/mol. The number of nitrogens with zero attached hydrogens (tertiary/aromatic N) is 2. The molecule has 84 valence electrons. The number of carbonyl (C=O) groups is 1. The maximum atomic E-state index is 10.8. The average Bonchev–Trinajstić information content (AvgIpc) is 2.57. The highest BCUT2D eigenvalue weighted by Crippen LogP contribution is 2.27. The smallest absolute Gasteiger partial charge is 0.309 e. The van der Waals surface area contributed by atoms with E-state index in [9.17, 15) is 9.90 Å². The second-order valence-corrected chi connectivity index (χ2v) is 3.50. The van der Waals surface area contributed by atoms with E-state index in [1.807, 2.05) is 6.92 Å². The van der Waals surface area contributed by atoms with Gasteiger partial charge in [0.25, 0.3) is 0 Å². The molecular weight excluding hydrogens is 208 g/mol. The fraction of sp³-hybridized carbons (Fsp3) is 0.273. The van der Waals surface area contributed by atoms with E-state index < -0.39 is 5.97 Å². The molecule has 0 aliphatic heterocycles. The van der Waals surface area contributed by atoms with E-state index in [1.54, 1.807) is 16.8 Å². The van der Waals surface area contributed by atoms with Gasteiger partial charge in [0.1, 0.15) is 5.75 Å². The molecule has 0 spiro atoms. The SMILES string of the molecule is CCn1nc2cccc(O)c2c1CC(=O)O. The largest absolute Gasteiger partial charge is 0.507 e. The molecule has 1 aromatic heterocycles. The van der Waals surface area contributed by atoms with Crippen molar-refractivity contribution in [2.45, 2.75) is 19.9 Å². The summed E-state index contributed by atoms with van der Waals surface area (Å²) in [5.74, 6) is -0.854. The van der Waals surface area contributed by atoms with Gasteiger partial charge in [-0.1, -0.05) is 6.07 Å². The molecule has 0 fully saturated rings. The van der Waals surface area contributed by atoms with Crippen LogP contribution < -0.4 is 0 Å². The van der Waals surface area contributed by atoms with Gasteiger partial charge in [-0.15, -0.1) is 0 Å². The van der Waals surface area contributed by atoms with Crippen LogP contribution >= 0.6 is 0 Å². The Morgan fingerprint density at radius 1 is 1.50 bits per heavy atom. The lowest BCUT2D eigenvalue weighted by molar-refractivity contribution is -0.136. The van der Waals surface area contributed by atoms with Crippen molar-refractivity contribution in [1.29, 1.82) is 0 Å². The highest BCUT2D eigenvalue weighted by atomic mass is 16.4. The van der Waals surface area contributed by atoms with Gasteiger partial charge < -0.3 is 10.2 Å². The number of hydrogen-bond donors (Lipinski definition) is 2. The zero-order valence-corrected chi connectivity index (χ0v) is 8.84. The van der Waals surface area contributed by atoms with Crippen molar-refractivity contribution in [2.24, 2.45) is 0 Å². The molecule has 0 bridgehead atoms. The number of fused-ring (bicyclic) bond motifs is 1. The van der Waals surface area contributed by atoms with E-state index in [0.717, 1.165) is 0 Å². The monoisotopic (exact) mass is 220 g/mol. The van der Waals surface area contributed by atoms with E-state index in [4.69, 9.17) is 5.11 Å². The third-order valence-corrected chi connectivity index (χ3v) is 2.47. The average molecular weight is 220 g/mol. The maximum Gasteiger partial charge on any atom is 0.309 e. The van der Waals surface area contributed by atoms with Crippen molar-refractivity contribution in [3.63, 3.8) is 0 Å². The molecule has 5 heteroatoms. The van der Waals surface area contributed by atoms with Crippen LogP contribution in [0.4, 0.5) is 0 Å². The first-order chi connectivity index (χ1) is 7.63.